The zero-order chi connectivity index (χ0) is 9.03. The predicted molar refractivity (Wildman–Crippen MR) is 51.0 cm³/mol. The third kappa shape index (κ3) is 1.60. The summed E-state index contributed by atoms with van der Waals surface area (Å²) in [6.45, 7) is 5.85. The van der Waals surface area contributed by atoms with Gasteiger partial charge in [-0.2, -0.15) is 0 Å². The third-order valence-electron chi connectivity index (χ3n) is 3.11. The monoisotopic (exact) mass is 166 g/mol. The van der Waals surface area contributed by atoms with Crippen molar-refractivity contribution in [2.75, 3.05) is 0 Å². The van der Waals surface area contributed by atoms with Crippen LogP contribution in [0.25, 0.3) is 0 Å². The first kappa shape index (κ1) is 9.50. The Morgan fingerprint density at radius 1 is 1.58 bits per heavy atom. The summed E-state index contributed by atoms with van der Waals surface area (Å²) in [5, 5.41) is 0. The molecule has 0 unspecified atom stereocenters. The summed E-state index contributed by atoms with van der Waals surface area (Å²) >= 11 is 0. The van der Waals surface area contributed by atoms with E-state index in [1.807, 2.05) is 6.08 Å². The van der Waals surface area contributed by atoms with Gasteiger partial charge in [-0.3, -0.25) is 4.79 Å². The molecular formula is C11H18O. The molecule has 0 aromatic heterocycles. The van der Waals surface area contributed by atoms with E-state index in [1.165, 1.54) is 6.42 Å². The molecule has 1 rings (SSSR count). The highest BCUT2D eigenvalue weighted by atomic mass is 16.1. The Balaban J connectivity index is 2.73. The topological polar surface area (TPSA) is 17.1 Å². The summed E-state index contributed by atoms with van der Waals surface area (Å²) in [6.07, 6.45) is 7.94. The molecule has 1 atom stereocenters. The smallest absolute Gasteiger partial charge is 0.139 e. The van der Waals surface area contributed by atoms with Crippen LogP contribution in [0.2, 0.25) is 0 Å². The van der Waals surface area contributed by atoms with Crippen LogP contribution >= 0.6 is 0 Å². The van der Waals surface area contributed by atoms with Crippen molar-refractivity contribution in [1.29, 1.82) is 0 Å². The van der Waals surface area contributed by atoms with Gasteiger partial charge in [-0.15, -0.1) is 6.58 Å². The number of carbonyl (C=O) groups excluding carboxylic acids is 1. The highest BCUT2D eigenvalue weighted by molar-refractivity contribution is 5.85. The molecule has 68 valence electrons. The Bertz CT molecular complexity index is 183. The molecule has 0 amide bonds. The summed E-state index contributed by atoms with van der Waals surface area (Å²) in [5.41, 5.74) is -0.0278. The SMILES string of the molecule is C=CC[C@@]1(CC)CCCCC1=O. The first-order valence-corrected chi connectivity index (χ1v) is 4.89. The van der Waals surface area contributed by atoms with Crippen LogP contribution in [0.15, 0.2) is 12.7 Å². The summed E-state index contributed by atoms with van der Waals surface area (Å²) in [4.78, 5) is 11.7. The number of hydrogen-bond donors (Lipinski definition) is 0. The van der Waals surface area contributed by atoms with Gasteiger partial charge in [0.15, 0.2) is 0 Å². The number of Topliss-reactive ketones (excluding diaryl/α,β-unsaturated/α-hetero) is 1. The van der Waals surface area contributed by atoms with Gasteiger partial charge in [-0.05, 0) is 25.7 Å². The standard InChI is InChI=1S/C11H18O/c1-3-8-11(4-2)9-6-5-7-10(11)12/h3H,1,4-9H2,2H3/t11-/m0/s1. The molecule has 1 fully saturated rings. The summed E-state index contributed by atoms with van der Waals surface area (Å²) in [7, 11) is 0. The molecule has 1 nitrogen and oxygen atoms in total. The molecule has 1 saturated carbocycles. The van der Waals surface area contributed by atoms with Crippen LogP contribution in [-0.2, 0) is 4.79 Å². The Kier molecular flexibility index (Phi) is 3.07. The lowest BCUT2D eigenvalue weighted by Gasteiger charge is -2.33. The minimum absolute atomic E-state index is 0.0278. The van der Waals surface area contributed by atoms with E-state index in [2.05, 4.69) is 13.5 Å². The highest BCUT2D eigenvalue weighted by Gasteiger charge is 2.36. The van der Waals surface area contributed by atoms with Crippen molar-refractivity contribution in [2.45, 2.75) is 45.4 Å². The van der Waals surface area contributed by atoms with Crippen LogP contribution in [0.5, 0.6) is 0 Å². The molecule has 1 aliphatic carbocycles. The first-order chi connectivity index (χ1) is 5.75. The molecule has 0 spiro atoms. The average Bonchev–Trinajstić information content (AvgIpc) is 2.10. The number of ketones is 1. The van der Waals surface area contributed by atoms with Gasteiger partial charge in [0.25, 0.3) is 0 Å². The molecule has 1 aliphatic rings. The maximum absolute atomic E-state index is 11.7. The normalized spacial score (nSPS) is 30.2. The van der Waals surface area contributed by atoms with Crippen molar-refractivity contribution >= 4 is 5.78 Å². The van der Waals surface area contributed by atoms with Gasteiger partial charge in [0.1, 0.15) is 5.78 Å². The quantitative estimate of drug-likeness (QED) is 0.589. The van der Waals surface area contributed by atoms with E-state index in [1.54, 1.807) is 0 Å². The summed E-state index contributed by atoms with van der Waals surface area (Å²) < 4.78 is 0. The largest absolute Gasteiger partial charge is 0.299 e. The number of carbonyl (C=O) groups is 1. The Morgan fingerprint density at radius 3 is 2.83 bits per heavy atom. The van der Waals surface area contributed by atoms with Crippen molar-refractivity contribution in [3.63, 3.8) is 0 Å². The lowest BCUT2D eigenvalue weighted by atomic mass is 9.69. The minimum Gasteiger partial charge on any atom is -0.299 e. The summed E-state index contributed by atoms with van der Waals surface area (Å²) in [5.74, 6) is 0.469. The molecule has 12 heavy (non-hydrogen) atoms. The van der Waals surface area contributed by atoms with E-state index in [9.17, 15) is 4.79 Å². The molecule has 0 bridgehead atoms. The third-order valence-corrected chi connectivity index (χ3v) is 3.11. The van der Waals surface area contributed by atoms with Crippen molar-refractivity contribution in [3.05, 3.63) is 12.7 Å². The van der Waals surface area contributed by atoms with Crippen molar-refractivity contribution in [2.24, 2.45) is 5.41 Å². The van der Waals surface area contributed by atoms with Gasteiger partial charge in [0, 0.05) is 11.8 Å². The number of allylic oxidation sites excluding steroid dienone is 1. The first-order valence-electron chi connectivity index (χ1n) is 4.89. The van der Waals surface area contributed by atoms with Gasteiger partial charge in [0.05, 0.1) is 0 Å². The zero-order valence-electron chi connectivity index (χ0n) is 7.94. The van der Waals surface area contributed by atoms with Crippen LogP contribution in [-0.4, -0.2) is 5.78 Å². The number of hydrogen-bond acceptors (Lipinski definition) is 1. The number of rotatable bonds is 3. The second kappa shape index (κ2) is 3.88. The van der Waals surface area contributed by atoms with Crippen molar-refractivity contribution in [3.8, 4) is 0 Å². The van der Waals surface area contributed by atoms with Crippen LogP contribution < -0.4 is 0 Å². The molecule has 0 aliphatic heterocycles. The van der Waals surface area contributed by atoms with Crippen LogP contribution in [0.3, 0.4) is 0 Å². The molecule has 0 saturated heterocycles. The van der Waals surface area contributed by atoms with Gasteiger partial charge >= 0.3 is 0 Å². The maximum Gasteiger partial charge on any atom is 0.139 e. The predicted octanol–water partition coefficient (Wildman–Crippen LogP) is 3.10. The molecule has 0 heterocycles. The van der Waals surface area contributed by atoms with Crippen molar-refractivity contribution < 1.29 is 4.79 Å². The van der Waals surface area contributed by atoms with E-state index in [4.69, 9.17) is 0 Å². The lowest BCUT2D eigenvalue weighted by Crippen LogP contribution is -2.33. The van der Waals surface area contributed by atoms with E-state index in [-0.39, 0.29) is 5.41 Å². The Labute approximate surface area is 74.9 Å². The maximum atomic E-state index is 11.7. The fourth-order valence-corrected chi connectivity index (χ4v) is 2.16. The van der Waals surface area contributed by atoms with Crippen LogP contribution in [0, 0.1) is 5.41 Å². The molecule has 0 N–H and O–H groups in total. The van der Waals surface area contributed by atoms with E-state index in [0.29, 0.717) is 5.78 Å². The Morgan fingerprint density at radius 2 is 2.33 bits per heavy atom. The van der Waals surface area contributed by atoms with E-state index < -0.39 is 0 Å². The lowest BCUT2D eigenvalue weighted by molar-refractivity contribution is -0.131. The van der Waals surface area contributed by atoms with E-state index >= 15 is 0 Å². The van der Waals surface area contributed by atoms with Crippen molar-refractivity contribution in [1.82, 2.24) is 0 Å². The van der Waals surface area contributed by atoms with Gasteiger partial charge < -0.3 is 0 Å². The highest BCUT2D eigenvalue weighted by Crippen LogP contribution is 2.39. The van der Waals surface area contributed by atoms with E-state index in [0.717, 1.165) is 32.1 Å². The van der Waals surface area contributed by atoms with Crippen LogP contribution in [0.4, 0.5) is 0 Å². The van der Waals surface area contributed by atoms with Gasteiger partial charge in [-0.25, -0.2) is 0 Å². The van der Waals surface area contributed by atoms with Gasteiger partial charge in [0.2, 0.25) is 0 Å². The average molecular weight is 166 g/mol. The second-order valence-electron chi connectivity index (χ2n) is 3.76. The zero-order valence-corrected chi connectivity index (χ0v) is 7.94. The van der Waals surface area contributed by atoms with Crippen LogP contribution in [0.1, 0.15) is 45.4 Å². The summed E-state index contributed by atoms with van der Waals surface area (Å²) in [6, 6.07) is 0. The molecular weight excluding hydrogens is 148 g/mol. The fourth-order valence-electron chi connectivity index (χ4n) is 2.16. The fraction of sp³-hybridized carbons (Fsp3) is 0.727. The second-order valence-corrected chi connectivity index (χ2v) is 3.76. The Hall–Kier alpha value is -0.590. The minimum atomic E-state index is -0.0278. The molecule has 0 radical (unpaired) electrons. The molecule has 0 aromatic carbocycles. The molecule has 1 heteroatoms. The van der Waals surface area contributed by atoms with Gasteiger partial charge in [-0.1, -0.05) is 19.4 Å². The molecule has 0 aromatic rings.